The summed E-state index contributed by atoms with van der Waals surface area (Å²) >= 11 is 1.08. The second kappa shape index (κ2) is 6.64. The summed E-state index contributed by atoms with van der Waals surface area (Å²) in [5.74, 6) is 0.241. The molecule has 0 aliphatic carbocycles. The molecule has 0 bridgehead atoms. The Morgan fingerprint density at radius 2 is 1.86 bits per heavy atom. The molecule has 1 rings (SSSR count). The topological polar surface area (TPSA) is 63.2 Å². The number of rotatable bonds is 5. The van der Waals surface area contributed by atoms with E-state index in [1.807, 2.05) is 20.8 Å². The van der Waals surface area contributed by atoms with Crippen molar-refractivity contribution in [3.8, 4) is 0 Å². The number of hydrogen-bond acceptors (Lipinski definition) is 5. The quantitative estimate of drug-likeness (QED) is 0.838. The Balaban J connectivity index is 3.06. The van der Waals surface area contributed by atoms with Crippen molar-refractivity contribution in [2.24, 2.45) is 11.3 Å². The Kier molecular flexibility index (Phi) is 5.61. The first-order valence-electron chi connectivity index (χ1n) is 7.16. The number of aromatic nitrogens is 2. The van der Waals surface area contributed by atoms with Crippen molar-refractivity contribution in [1.29, 1.82) is 0 Å². The molecule has 0 N–H and O–H groups in total. The monoisotopic (exact) mass is 311 g/mol. The third kappa shape index (κ3) is 4.33. The van der Waals surface area contributed by atoms with Crippen molar-refractivity contribution in [3.05, 3.63) is 10.6 Å². The van der Waals surface area contributed by atoms with Crippen molar-refractivity contribution >= 4 is 23.2 Å². The van der Waals surface area contributed by atoms with Gasteiger partial charge in [0.15, 0.2) is 5.78 Å². The number of hydrogen-bond donors (Lipinski definition) is 0. The third-order valence-electron chi connectivity index (χ3n) is 3.37. The van der Waals surface area contributed by atoms with Gasteiger partial charge in [0.1, 0.15) is 4.88 Å². The minimum absolute atomic E-state index is 0.0853. The molecular weight excluding hydrogens is 286 g/mol. The molecule has 5 nitrogen and oxygen atoms in total. The number of Topliss-reactive ketones (excluding diaryl/α,β-unsaturated/α-hetero) is 1. The van der Waals surface area contributed by atoms with Gasteiger partial charge in [0.25, 0.3) is 5.91 Å². The maximum atomic E-state index is 12.7. The van der Waals surface area contributed by atoms with Crippen LogP contribution in [0.15, 0.2) is 0 Å². The highest BCUT2D eigenvalue weighted by molar-refractivity contribution is 7.07. The van der Waals surface area contributed by atoms with E-state index in [-0.39, 0.29) is 11.7 Å². The molecule has 0 aromatic carbocycles. The van der Waals surface area contributed by atoms with Crippen LogP contribution in [0.4, 0.5) is 0 Å². The molecule has 21 heavy (non-hydrogen) atoms. The van der Waals surface area contributed by atoms with Crippen LogP contribution in [0.2, 0.25) is 0 Å². The Bertz CT molecular complexity index is 517. The van der Waals surface area contributed by atoms with Crippen molar-refractivity contribution in [2.45, 2.75) is 54.0 Å². The molecule has 1 heterocycles. The highest BCUT2D eigenvalue weighted by Crippen LogP contribution is 2.25. The summed E-state index contributed by atoms with van der Waals surface area (Å²) < 4.78 is 3.80. The fourth-order valence-corrected chi connectivity index (χ4v) is 2.76. The van der Waals surface area contributed by atoms with E-state index >= 15 is 0 Å². The fourth-order valence-electron chi connectivity index (χ4n) is 2.12. The van der Waals surface area contributed by atoms with Gasteiger partial charge >= 0.3 is 0 Å². The average molecular weight is 311 g/mol. The molecule has 1 aromatic rings. The molecule has 0 spiro atoms. The minimum Gasteiger partial charge on any atom is -0.331 e. The van der Waals surface area contributed by atoms with Gasteiger partial charge in [-0.25, -0.2) is 0 Å². The maximum Gasteiger partial charge on any atom is 0.267 e. The first-order valence-corrected chi connectivity index (χ1v) is 7.93. The molecule has 118 valence electrons. The lowest BCUT2D eigenvalue weighted by Crippen LogP contribution is -2.47. The molecule has 0 aliphatic heterocycles. The molecule has 1 aromatic heterocycles. The Labute approximate surface area is 130 Å². The van der Waals surface area contributed by atoms with Crippen LogP contribution in [0.1, 0.15) is 56.4 Å². The first kappa shape index (κ1) is 17.8. The van der Waals surface area contributed by atoms with Crippen molar-refractivity contribution in [3.63, 3.8) is 0 Å². The van der Waals surface area contributed by atoms with Gasteiger partial charge in [0, 0.05) is 12.5 Å². The molecule has 1 amide bonds. The zero-order valence-corrected chi connectivity index (χ0v) is 14.7. The molecular formula is C15H25N3O2S. The molecule has 0 fully saturated rings. The molecule has 0 saturated carbocycles. The van der Waals surface area contributed by atoms with Crippen LogP contribution in [0.5, 0.6) is 0 Å². The van der Waals surface area contributed by atoms with Gasteiger partial charge in [0.05, 0.1) is 11.7 Å². The van der Waals surface area contributed by atoms with Gasteiger partial charge in [-0.2, -0.15) is 0 Å². The number of amides is 1. The first-order chi connectivity index (χ1) is 9.55. The zero-order valence-electron chi connectivity index (χ0n) is 13.9. The van der Waals surface area contributed by atoms with Crippen LogP contribution in [-0.2, 0) is 4.79 Å². The minimum atomic E-state index is -0.477. The Morgan fingerprint density at radius 3 is 2.24 bits per heavy atom. The SMILES string of the molecule is Cc1nnsc1C(=O)N(C)[C@H](CC(C)C)C(=O)C(C)(C)C. The number of likely N-dealkylation sites (N-methyl/N-ethyl adjacent to an activating group) is 1. The Morgan fingerprint density at radius 1 is 1.29 bits per heavy atom. The van der Waals surface area contributed by atoms with Crippen LogP contribution < -0.4 is 0 Å². The normalized spacial score (nSPS) is 13.3. The molecule has 0 aliphatic rings. The third-order valence-corrected chi connectivity index (χ3v) is 4.19. The number of ketones is 1. The van der Waals surface area contributed by atoms with Gasteiger partial charge < -0.3 is 4.90 Å². The van der Waals surface area contributed by atoms with Gasteiger partial charge in [-0.1, -0.05) is 39.1 Å². The van der Waals surface area contributed by atoms with Crippen LogP contribution in [0, 0.1) is 18.3 Å². The predicted octanol–water partition coefficient (Wildman–Crippen LogP) is 2.95. The van der Waals surface area contributed by atoms with Crippen molar-refractivity contribution in [1.82, 2.24) is 14.5 Å². The van der Waals surface area contributed by atoms with Gasteiger partial charge in [-0.15, -0.1) is 5.10 Å². The van der Waals surface area contributed by atoms with Crippen LogP contribution in [0.3, 0.4) is 0 Å². The standard InChI is InChI=1S/C15H25N3O2S/c1-9(2)8-11(13(19)15(4,5)6)18(7)14(20)12-10(3)16-17-21-12/h9,11H,8H2,1-7H3/t11-/m1/s1. The van der Waals surface area contributed by atoms with Gasteiger partial charge in [0.2, 0.25) is 0 Å². The second-order valence-corrected chi connectivity index (χ2v) is 7.62. The summed E-state index contributed by atoms with van der Waals surface area (Å²) in [7, 11) is 1.69. The van der Waals surface area contributed by atoms with E-state index in [9.17, 15) is 9.59 Å². The van der Waals surface area contributed by atoms with E-state index in [4.69, 9.17) is 0 Å². The lowest BCUT2D eigenvalue weighted by molar-refractivity contribution is -0.131. The highest BCUT2D eigenvalue weighted by atomic mass is 32.1. The number of nitrogens with zero attached hydrogens (tertiary/aromatic N) is 3. The second-order valence-electron chi connectivity index (χ2n) is 6.86. The van der Waals surface area contributed by atoms with Crippen molar-refractivity contribution in [2.75, 3.05) is 7.05 Å². The van der Waals surface area contributed by atoms with Crippen molar-refractivity contribution < 1.29 is 9.59 Å². The average Bonchev–Trinajstić information content (AvgIpc) is 2.78. The number of carbonyl (C=O) groups excluding carboxylic acids is 2. The van der Waals surface area contributed by atoms with E-state index in [2.05, 4.69) is 23.4 Å². The van der Waals surface area contributed by atoms with E-state index in [0.717, 1.165) is 11.5 Å². The molecule has 6 heteroatoms. The molecule has 1 atom stereocenters. The summed E-state index contributed by atoms with van der Waals surface area (Å²) in [6, 6.07) is -0.418. The highest BCUT2D eigenvalue weighted by Gasteiger charge is 2.35. The molecule has 0 unspecified atom stereocenters. The fraction of sp³-hybridized carbons (Fsp3) is 0.733. The van der Waals surface area contributed by atoms with Crippen LogP contribution >= 0.6 is 11.5 Å². The summed E-state index contributed by atoms with van der Waals surface area (Å²) in [5.41, 5.74) is 0.137. The predicted molar refractivity (Wildman–Crippen MR) is 84.4 cm³/mol. The lowest BCUT2D eigenvalue weighted by Gasteiger charge is -2.32. The van der Waals surface area contributed by atoms with E-state index in [1.165, 1.54) is 0 Å². The van der Waals surface area contributed by atoms with Crippen LogP contribution in [0.25, 0.3) is 0 Å². The summed E-state index contributed by atoms with van der Waals surface area (Å²) in [5, 5.41) is 3.87. The summed E-state index contributed by atoms with van der Waals surface area (Å²) in [4.78, 5) is 27.3. The van der Waals surface area contributed by atoms with Gasteiger partial charge in [-0.3, -0.25) is 9.59 Å². The van der Waals surface area contributed by atoms with E-state index < -0.39 is 11.5 Å². The smallest absolute Gasteiger partial charge is 0.267 e. The van der Waals surface area contributed by atoms with Gasteiger partial charge in [-0.05, 0) is 30.8 Å². The molecule has 0 saturated heterocycles. The Hall–Kier alpha value is -1.30. The lowest BCUT2D eigenvalue weighted by atomic mass is 9.83. The zero-order chi connectivity index (χ0) is 16.4. The van der Waals surface area contributed by atoms with E-state index in [1.54, 1.807) is 18.9 Å². The van der Waals surface area contributed by atoms with Crippen LogP contribution in [-0.4, -0.2) is 39.3 Å². The largest absolute Gasteiger partial charge is 0.331 e. The van der Waals surface area contributed by atoms with E-state index in [0.29, 0.717) is 22.9 Å². The molecule has 0 radical (unpaired) electrons. The number of aryl methyl sites for hydroxylation is 1. The maximum absolute atomic E-state index is 12.7. The number of carbonyl (C=O) groups is 2. The summed E-state index contributed by atoms with van der Waals surface area (Å²) in [6.07, 6.45) is 0.656. The summed E-state index contributed by atoms with van der Waals surface area (Å²) in [6.45, 7) is 11.5.